The number of amides is 1. The summed E-state index contributed by atoms with van der Waals surface area (Å²) in [5.74, 6) is 1.13. The predicted octanol–water partition coefficient (Wildman–Crippen LogP) is 2.94. The molecule has 1 saturated carbocycles. The lowest BCUT2D eigenvalue weighted by molar-refractivity contribution is -0.128. The first-order chi connectivity index (χ1) is 18.1. The molecule has 7 nitrogen and oxygen atoms in total. The lowest BCUT2D eigenvalue weighted by Crippen LogP contribution is -2.59. The van der Waals surface area contributed by atoms with Crippen molar-refractivity contribution in [3.8, 4) is 0 Å². The number of benzene rings is 1. The van der Waals surface area contributed by atoms with Gasteiger partial charge in [0, 0.05) is 24.3 Å². The fraction of sp³-hybridized carbons (Fsp3) is 0.767. The number of fused-ring (bicyclic) bond motifs is 2. The number of ether oxygens (including phenoxy) is 1. The first-order valence-corrected chi connectivity index (χ1v) is 15.0. The van der Waals surface area contributed by atoms with Crippen molar-refractivity contribution in [2.45, 2.75) is 101 Å². The average Bonchev–Trinajstić information content (AvgIpc) is 3.40. The highest BCUT2D eigenvalue weighted by Gasteiger charge is 2.57. The summed E-state index contributed by atoms with van der Waals surface area (Å²) in [6.45, 7) is 16.8. The van der Waals surface area contributed by atoms with Crippen molar-refractivity contribution >= 4 is 24.2 Å². The number of nitrogens with zero attached hydrogens (tertiary/aromatic N) is 3. The molecule has 0 unspecified atom stereocenters. The molecule has 0 N–H and O–H groups in total. The Labute approximate surface area is 228 Å². The molecular weight excluding hydrogens is 477 g/mol. The minimum atomic E-state index is -0.417. The number of hydrogen-bond donors (Lipinski definition) is 0. The third-order valence-electron chi connectivity index (χ3n) is 11.2. The topological polar surface area (TPSA) is 54.5 Å². The van der Waals surface area contributed by atoms with Gasteiger partial charge < -0.3 is 18.9 Å². The van der Waals surface area contributed by atoms with Crippen molar-refractivity contribution in [2.24, 2.45) is 5.92 Å². The van der Waals surface area contributed by atoms with Crippen molar-refractivity contribution in [1.82, 2.24) is 9.80 Å². The van der Waals surface area contributed by atoms with Crippen molar-refractivity contribution in [1.29, 1.82) is 0 Å². The Hall–Kier alpha value is -1.45. The normalized spacial score (nSPS) is 34.6. The van der Waals surface area contributed by atoms with E-state index in [0.29, 0.717) is 18.0 Å². The van der Waals surface area contributed by atoms with Crippen LogP contribution in [0.4, 0.5) is 5.69 Å². The van der Waals surface area contributed by atoms with Gasteiger partial charge in [0.05, 0.1) is 35.9 Å². The van der Waals surface area contributed by atoms with Gasteiger partial charge >= 0.3 is 7.12 Å². The molecule has 0 bridgehead atoms. The zero-order valence-electron chi connectivity index (χ0n) is 23.9. The number of likely N-dealkylation sites (tertiary alicyclic amines) is 2. The van der Waals surface area contributed by atoms with Crippen LogP contribution in [0.3, 0.4) is 0 Å². The second-order valence-corrected chi connectivity index (χ2v) is 14.0. The molecule has 206 valence electrons. The maximum Gasteiger partial charge on any atom is 0.494 e. The maximum absolute atomic E-state index is 14.5. The Morgan fingerprint density at radius 2 is 1.58 bits per heavy atom. The highest BCUT2D eigenvalue weighted by molar-refractivity contribution is 6.62. The van der Waals surface area contributed by atoms with Crippen LogP contribution in [0.15, 0.2) is 18.2 Å². The fourth-order valence-corrected chi connectivity index (χ4v) is 7.65. The molecule has 8 heteroatoms. The smallest absolute Gasteiger partial charge is 0.399 e. The van der Waals surface area contributed by atoms with Crippen LogP contribution in [0, 0.1) is 5.92 Å². The van der Waals surface area contributed by atoms with Crippen molar-refractivity contribution in [3.05, 3.63) is 23.8 Å². The molecular formula is C30H44BN3O4. The lowest BCUT2D eigenvalue weighted by atomic mass is 9.71. The van der Waals surface area contributed by atoms with Gasteiger partial charge in [-0.2, -0.15) is 0 Å². The van der Waals surface area contributed by atoms with Crippen LogP contribution in [0.25, 0.3) is 0 Å². The molecule has 6 aliphatic rings. The van der Waals surface area contributed by atoms with E-state index in [1.165, 1.54) is 25.1 Å². The fourth-order valence-electron chi connectivity index (χ4n) is 7.65. The third kappa shape index (κ3) is 3.77. The highest BCUT2D eigenvalue weighted by atomic mass is 16.7. The van der Waals surface area contributed by atoms with E-state index in [1.54, 1.807) is 0 Å². The molecule has 1 spiro atoms. The summed E-state index contributed by atoms with van der Waals surface area (Å²) < 4.78 is 18.3. The van der Waals surface area contributed by atoms with Gasteiger partial charge in [0.1, 0.15) is 0 Å². The van der Waals surface area contributed by atoms with Gasteiger partial charge in [0.2, 0.25) is 5.91 Å². The molecule has 0 radical (unpaired) electrons. The number of rotatable bonds is 4. The van der Waals surface area contributed by atoms with Gasteiger partial charge in [-0.3, -0.25) is 14.6 Å². The summed E-state index contributed by atoms with van der Waals surface area (Å²) in [7, 11) is -0.417. The van der Waals surface area contributed by atoms with Crippen LogP contribution in [-0.2, 0) is 24.3 Å². The molecule has 1 aromatic carbocycles. The van der Waals surface area contributed by atoms with Gasteiger partial charge in [-0.05, 0) is 102 Å². The van der Waals surface area contributed by atoms with E-state index in [2.05, 4.69) is 67.5 Å². The SMILES string of the molecule is C[C@H]1CCN(C2CC(N3C(=O)C4(CCN(C5COC5)CC4)c4ccc(B5OC(C)(C)C(C)(C)O5)cc43)C2)C1. The minimum absolute atomic E-state index is 0.285. The van der Waals surface area contributed by atoms with Crippen LogP contribution in [0.1, 0.15) is 72.3 Å². The lowest BCUT2D eigenvalue weighted by Gasteiger charge is -2.47. The van der Waals surface area contributed by atoms with Gasteiger partial charge in [0.25, 0.3) is 0 Å². The molecule has 5 heterocycles. The largest absolute Gasteiger partial charge is 0.494 e. The van der Waals surface area contributed by atoms with E-state index in [-0.39, 0.29) is 17.2 Å². The summed E-state index contributed by atoms with van der Waals surface area (Å²) in [4.78, 5) is 21.9. The van der Waals surface area contributed by atoms with Crippen molar-refractivity contribution < 1.29 is 18.8 Å². The summed E-state index contributed by atoms with van der Waals surface area (Å²) in [5.41, 5.74) is 2.17. The quantitative estimate of drug-likeness (QED) is 0.569. The molecule has 1 amide bonds. The standard InChI is InChI=1S/C30H44BN3O4/c1-20-8-11-33(17-20)22-15-23(16-22)34-26-14-21(31-37-28(2,3)29(4,5)38-31)6-7-25(26)30(27(34)35)9-12-32(13-10-30)24-18-36-19-24/h6-7,14,20,22-24H,8-13,15-19H2,1-5H3/t20-,22?,23?/m0/s1. The molecule has 1 aromatic rings. The Bertz CT molecular complexity index is 1090. The molecule has 1 atom stereocenters. The molecule has 7 rings (SSSR count). The Kier molecular flexibility index (Phi) is 5.89. The Balaban J connectivity index is 1.18. The Morgan fingerprint density at radius 1 is 0.895 bits per heavy atom. The minimum Gasteiger partial charge on any atom is -0.399 e. The first kappa shape index (κ1) is 25.5. The highest BCUT2D eigenvalue weighted by Crippen LogP contribution is 2.51. The van der Waals surface area contributed by atoms with Crippen molar-refractivity contribution in [2.75, 3.05) is 44.3 Å². The van der Waals surface area contributed by atoms with Crippen LogP contribution < -0.4 is 10.4 Å². The first-order valence-electron chi connectivity index (χ1n) is 15.0. The van der Waals surface area contributed by atoms with Gasteiger partial charge in [-0.25, -0.2) is 0 Å². The Morgan fingerprint density at radius 3 is 2.16 bits per heavy atom. The van der Waals surface area contributed by atoms with E-state index in [0.717, 1.165) is 69.1 Å². The number of carbonyl (C=O) groups excluding carboxylic acids is 1. The van der Waals surface area contributed by atoms with Crippen LogP contribution in [-0.4, -0.2) is 91.5 Å². The molecule has 38 heavy (non-hydrogen) atoms. The van der Waals surface area contributed by atoms with Crippen LogP contribution >= 0.6 is 0 Å². The van der Waals surface area contributed by atoms with Crippen LogP contribution in [0.2, 0.25) is 0 Å². The summed E-state index contributed by atoms with van der Waals surface area (Å²) in [5, 5.41) is 0. The third-order valence-corrected chi connectivity index (χ3v) is 11.2. The summed E-state index contributed by atoms with van der Waals surface area (Å²) >= 11 is 0. The number of anilines is 1. The predicted molar refractivity (Wildman–Crippen MR) is 149 cm³/mol. The van der Waals surface area contributed by atoms with Crippen molar-refractivity contribution in [3.63, 3.8) is 0 Å². The number of hydrogen-bond acceptors (Lipinski definition) is 6. The van der Waals surface area contributed by atoms with Gasteiger partial charge in [0.15, 0.2) is 0 Å². The van der Waals surface area contributed by atoms with E-state index in [1.807, 2.05) is 0 Å². The second kappa shape index (κ2) is 8.78. The molecule has 0 aromatic heterocycles. The molecule has 4 saturated heterocycles. The van der Waals surface area contributed by atoms with Crippen LogP contribution in [0.5, 0.6) is 0 Å². The van der Waals surface area contributed by atoms with E-state index >= 15 is 0 Å². The van der Waals surface area contributed by atoms with E-state index in [4.69, 9.17) is 14.0 Å². The van der Waals surface area contributed by atoms with E-state index < -0.39 is 12.5 Å². The summed E-state index contributed by atoms with van der Waals surface area (Å²) in [6.07, 6.45) is 5.25. The molecule has 5 aliphatic heterocycles. The zero-order valence-corrected chi connectivity index (χ0v) is 23.9. The second-order valence-electron chi connectivity index (χ2n) is 14.0. The maximum atomic E-state index is 14.5. The van der Waals surface area contributed by atoms with Gasteiger partial charge in [-0.1, -0.05) is 19.1 Å². The number of carbonyl (C=O) groups is 1. The zero-order chi connectivity index (χ0) is 26.4. The van der Waals surface area contributed by atoms with E-state index in [9.17, 15) is 4.79 Å². The number of piperidine rings is 1. The molecule has 1 aliphatic carbocycles. The average molecular weight is 522 g/mol. The molecule has 5 fully saturated rings. The monoisotopic (exact) mass is 521 g/mol. The van der Waals surface area contributed by atoms with Gasteiger partial charge in [-0.15, -0.1) is 0 Å². The summed E-state index contributed by atoms with van der Waals surface area (Å²) in [6, 6.07) is 8.04.